The van der Waals surface area contributed by atoms with E-state index in [9.17, 15) is 4.79 Å². The molecule has 184 valence electrons. The van der Waals surface area contributed by atoms with Crippen molar-refractivity contribution in [2.75, 3.05) is 31.1 Å². The van der Waals surface area contributed by atoms with Gasteiger partial charge in [0.15, 0.2) is 5.65 Å². The van der Waals surface area contributed by atoms with Crippen LogP contribution in [0.1, 0.15) is 21.5 Å². The van der Waals surface area contributed by atoms with E-state index in [0.717, 1.165) is 44.8 Å². The molecule has 6 heteroatoms. The Bertz CT molecular complexity index is 1580. The molecule has 6 rings (SSSR count). The Hall–Kier alpha value is -4.45. The Morgan fingerprint density at radius 3 is 2.32 bits per heavy atom. The van der Waals surface area contributed by atoms with Crippen molar-refractivity contribution in [3.8, 4) is 16.8 Å². The lowest BCUT2D eigenvalue weighted by Gasteiger charge is -2.36. The number of anilines is 1. The van der Waals surface area contributed by atoms with Gasteiger partial charge < -0.3 is 14.4 Å². The molecule has 0 spiro atoms. The highest BCUT2D eigenvalue weighted by Crippen LogP contribution is 2.37. The summed E-state index contributed by atoms with van der Waals surface area (Å²) in [5.74, 6) is 1.01. The van der Waals surface area contributed by atoms with Crippen LogP contribution in [0.3, 0.4) is 0 Å². The molecular weight excluding hydrogens is 458 g/mol. The normalized spacial score (nSPS) is 13.8. The highest BCUT2D eigenvalue weighted by atomic mass is 16.2. The van der Waals surface area contributed by atoms with Crippen molar-refractivity contribution in [3.63, 3.8) is 0 Å². The van der Waals surface area contributed by atoms with E-state index in [-0.39, 0.29) is 5.91 Å². The number of carbonyl (C=O) groups excluding carboxylic acids is 1. The predicted octanol–water partition coefficient (Wildman–Crippen LogP) is 5.67. The van der Waals surface area contributed by atoms with E-state index in [1.54, 1.807) is 6.33 Å². The van der Waals surface area contributed by atoms with Crippen LogP contribution in [0, 0.1) is 13.8 Å². The van der Waals surface area contributed by atoms with Crippen molar-refractivity contribution in [2.24, 2.45) is 0 Å². The van der Waals surface area contributed by atoms with Gasteiger partial charge in [0.1, 0.15) is 12.1 Å². The molecule has 1 aliphatic heterocycles. The Labute approximate surface area is 216 Å². The van der Waals surface area contributed by atoms with Crippen LogP contribution in [-0.2, 0) is 0 Å². The first-order valence-electron chi connectivity index (χ1n) is 12.7. The molecule has 0 aliphatic carbocycles. The summed E-state index contributed by atoms with van der Waals surface area (Å²) in [4.78, 5) is 26.9. The van der Waals surface area contributed by atoms with E-state index >= 15 is 0 Å². The maximum absolute atomic E-state index is 13.2. The molecule has 1 fully saturated rings. The molecule has 0 radical (unpaired) electrons. The molecule has 0 atom stereocenters. The largest absolute Gasteiger partial charge is 0.352 e. The minimum absolute atomic E-state index is 0.0983. The minimum Gasteiger partial charge on any atom is -0.352 e. The van der Waals surface area contributed by atoms with Gasteiger partial charge in [0.2, 0.25) is 0 Å². The summed E-state index contributed by atoms with van der Waals surface area (Å²) >= 11 is 0. The maximum atomic E-state index is 13.2. The van der Waals surface area contributed by atoms with Crippen LogP contribution >= 0.6 is 0 Å². The number of benzene rings is 3. The Morgan fingerprint density at radius 2 is 1.57 bits per heavy atom. The van der Waals surface area contributed by atoms with Gasteiger partial charge in [-0.3, -0.25) is 4.79 Å². The van der Waals surface area contributed by atoms with Gasteiger partial charge in [-0.25, -0.2) is 9.97 Å². The predicted molar refractivity (Wildman–Crippen MR) is 148 cm³/mol. The number of piperazine rings is 1. The van der Waals surface area contributed by atoms with Crippen LogP contribution in [0.2, 0.25) is 0 Å². The number of hydrogen-bond donors (Lipinski definition) is 0. The molecule has 1 amide bonds. The van der Waals surface area contributed by atoms with Crippen molar-refractivity contribution in [2.45, 2.75) is 13.8 Å². The zero-order valence-corrected chi connectivity index (χ0v) is 21.1. The molecule has 0 unspecified atom stereocenters. The molecule has 0 saturated carbocycles. The van der Waals surface area contributed by atoms with Gasteiger partial charge in [-0.15, -0.1) is 0 Å². The second kappa shape index (κ2) is 9.54. The van der Waals surface area contributed by atoms with Crippen molar-refractivity contribution in [1.82, 2.24) is 19.4 Å². The minimum atomic E-state index is 0.0983. The van der Waals surface area contributed by atoms with Gasteiger partial charge >= 0.3 is 0 Å². The molecule has 2 aromatic heterocycles. The van der Waals surface area contributed by atoms with Crippen molar-refractivity contribution in [1.29, 1.82) is 0 Å². The third kappa shape index (κ3) is 4.25. The third-order valence-corrected chi connectivity index (χ3v) is 7.17. The maximum Gasteiger partial charge on any atom is 0.254 e. The molecule has 0 bridgehead atoms. The first kappa shape index (κ1) is 23.0. The number of aromatic nitrogens is 3. The summed E-state index contributed by atoms with van der Waals surface area (Å²) in [7, 11) is 0. The van der Waals surface area contributed by atoms with Gasteiger partial charge in [0.05, 0.1) is 5.39 Å². The number of hydrogen-bond acceptors (Lipinski definition) is 4. The van der Waals surface area contributed by atoms with Crippen LogP contribution in [0.4, 0.5) is 5.82 Å². The molecule has 5 aromatic rings. The number of nitrogens with zero attached hydrogens (tertiary/aromatic N) is 5. The average molecular weight is 488 g/mol. The van der Waals surface area contributed by atoms with Crippen molar-refractivity contribution in [3.05, 3.63) is 108 Å². The first-order valence-corrected chi connectivity index (χ1v) is 12.7. The molecule has 1 aliphatic rings. The quantitative estimate of drug-likeness (QED) is 0.328. The highest BCUT2D eigenvalue weighted by Gasteiger charge is 2.27. The molecule has 6 nitrogen and oxygen atoms in total. The second-order valence-corrected chi connectivity index (χ2v) is 9.61. The standard InChI is InChI=1S/C31H29N5O/c1-22-9-8-13-25(19-22)36-20-27(24-11-4-3-5-12-24)28-29(32-21-33-30(28)36)34-15-17-35(18-16-34)31(37)26-14-7-6-10-23(26)2/h3-14,19-21H,15-18H2,1-2H3. The fourth-order valence-corrected chi connectivity index (χ4v) is 5.20. The van der Waals surface area contributed by atoms with E-state index in [2.05, 4.69) is 71.1 Å². The number of carbonyl (C=O) groups is 1. The summed E-state index contributed by atoms with van der Waals surface area (Å²) < 4.78 is 2.16. The average Bonchev–Trinajstić information content (AvgIpc) is 3.34. The smallest absolute Gasteiger partial charge is 0.254 e. The fourth-order valence-electron chi connectivity index (χ4n) is 5.20. The molecule has 1 saturated heterocycles. The van der Waals surface area contributed by atoms with Crippen LogP contribution in [0.15, 0.2) is 91.4 Å². The molecular formula is C31H29N5O. The fraction of sp³-hybridized carbons (Fsp3) is 0.194. The lowest BCUT2D eigenvalue weighted by Crippen LogP contribution is -2.49. The Balaban J connectivity index is 1.38. The lowest BCUT2D eigenvalue weighted by atomic mass is 10.1. The lowest BCUT2D eigenvalue weighted by molar-refractivity contribution is 0.0746. The van der Waals surface area contributed by atoms with E-state index < -0.39 is 0 Å². The van der Waals surface area contributed by atoms with Gasteiger partial charge in [0.25, 0.3) is 5.91 Å². The summed E-state index contributed by atoms with van der Waals surface area (Å²) in [6.07, 6.45) is 3.83. The van der Waals surface area contributed by atoms with Crippen LogP contribution in [-0.4, -0.2) is 51.5 Å². The van der Waals surface area contributed by atoms with Crippen molar-refractivity contribution < 1.29 is 4.79 Å². The molecule has 0 N–H and O–H groups in total. The molecule has 3 aromatic carbocycles. The highest BCUT2D eigenvalue weighted by molar-refractivity contribution is 6.02. The van der Waals surface area contributed by atoms with E-state index in [1.807, 2.05) is 42.2 Å². The number of rotatable bonds is 4. The van der Waals surface area contributed by atoms with Crippen molar-refractivity contribution >= 4 is 22.8 Å². The van der Waals surface area contributed by atoms with Crippen LogP contribution in [0.25, 0.3) is 27.8 Å². The van der Waals surface area contributed by atoms with E-state index in [0.29, 0.717) is 26.2 Å². The van der Waals surface area contributed by atoms with Gasteiger partial charge in [-0.2, -0.15) is 0 Å². The summed E-state index contributed by atoms with van der Waals surface area (Å²) in [5, 5.41) is 1.04. The molecule has 37 heavy (non-hydrogen) atoms. The summed E-state index contributed by atoms with van der Waals surface area (Å²) in [6, 6.07) is 26.7. The summed E-state index contributed by atoms with van der Waals surface area (Å²) in [5.41, 5.74) is 7.18. The SMILES string of the molecule is Cc1cccc(-n2cc(-c3ccccc3)c3c(N4CCN(C(=O)c5ccccc5C)CC4)ncnc32)c1. The zero-order chi connectivity index (χ0) is 25.4. The van der Waals surface area contributed by atoms with E-state index in [1.165, 1.54) is 5.56 Å². The number of fused-ring (bicyclic) bond motifs is 1. The van der Waals surface area contributed by atoms with E-state index in [4.69, 9.17) is 9.97 Å². The second-order valence-electron chi connectivity index (χ2n) is 9.61. The number of amides is 1. The monoisotopic (exact) mass is 487 g/mol. The number of aryl methyl sites for hydroxylation is 2. The summed E-state index contributed by atoms with van der Waals surface area (Å²) in [6.45, 7) is 6.83. The van der Waals surface area contributed by atoms with Gasteiger partial charge in [0, 0.05) is 49.2 Å². The topological polar surface area (TPSA) is 54.3 Å². The van der Waals surface area contributed by atoms with Gasteiger partial charge in [-0.05, 0) is 48.7 Å². The Kier molecular flexibility index (Phi) is 5.93. The van der Waals surface area contributed by atoms with Gasteiger partial charge in [-0.1, -0.05) is 60.7 Å². The molecule has 3 heterocycles. The third-order valence-electron chi connectivity index (χ3n) is 7.17. The zero-order valence-electron chi connectivity index (χ0n) is 21.1. The van der Waals surface area contributed by atoms with Crippen LogP contribution < -0.4 is 4.90 Å². The van der Waals surface area contributed by atoms with Crippen LogP contribution in [0.5, 0.6) is 0 Å². The first-order chi connectivity index (χ1) is 18.1. The Morgan fingerprint density at radius 1 is 0.811 bits per heavy atom.